The number of halogens is 3. The van der Waals surface area contributed by atoms with Gasteiger partial charge in [0.25, 0.3) is 0 Å². The first-order valence-corrected chi connectivity index (χ1v) is 8.25. The lowest BCUT2D eigenvalue weighted by molar-refractivity contribution is -0.145. The first kappa shape index (κ1) is 21.0. The molecule has 1 amide bonds. The van der Waals surface area contributed by atoms with Gasteiger partial charge in [-0.3, -0.25) is 4.79 Å². The van der Waals surface area contributed by atoms with Gasteiger partial charge in [-0.1, -0.05) is 24.3 Å². The maximum absolute atomic E-state index is 12.6. The summed E-state index contributed by atoms with van der Waals surface area (Å²) in [6, 6.07) is 11.8. The van der Waals surface area contributed by atoms with Crippen molar-refractivity contribution in [3.05, 3.63) is 70.8 Å². The number of methoxy groups -OCH3 is 1. The van der Waals surface area contributed by atoms with Crippen LogP contribution in [0.15, 0.2) is 48.5 Å². The molecule has 1 N–H and O–H groups in total. The Kier molecular flexibility index (Phi) is 6.77. The number of amides is 1. The molecule has 0 aliphatic heterocycles. The number of carbonyl (C=O) groups is 2. The molecule has 2 aromatic rings. The average Bonchev–Trinajstić information content (AvgIpc) is 2.67. The van der Waals surface area contributed by atoms with E-state index in [9.17, 15) is 22.8 Å². The molecule has 0 aliphatic carbocycles. The number of alkyl halides is 3. The molecule has 8 heteroatoms. The largest absolute Gasteiger partial charge is 0.467 e. The number of rotatable bonds is 6. The highest BCUT2D eigenvalue weighted by atomic mass is 19.4. The zero-order valence-corrected chi connectivity index (χ0v) is 14.9. The minimum Gasteiger partial charge on any atom is -0.467 e. The molecule has 0 radical (unpaired) electrons. The Morgan fingerprint density at radius 1 is 1.07 bits per heavy atom. The third kappa shape index (κ3) is 5.84. The molecule has 2 aromatic carbocycles. The highest BCUT2D eigenvalue weighted by molar-refractivity contribution is 5.85. The molecule has 0 bridgehead atoms. The lowest BCUT2D eigenvalue weighted by Gasteiger charge is -2.17. The van der Waals surface area contributed by atoms with Gasteiger partial charge >= 0.3 is 12.1 Å². The second-order valence-corrected chi connectivity index (χ2v) is 6.03. The van der Waals surface area contributed by atoms with E-state index in [1.807, 2.05) is 6.07 Å². The van der Waals surface area contributed by atoms with Crippen LogP contribution < -0.4 is 5.32 Å². The lowest BCUT2D eigenvalue weighted by atomic mass is 10.0. The second kappa shape index (κ2) is 9.04. The highest BCUT2D eigenvalue weighted by Gasteiger charge is 2.30. The van der Waals surface area contributed by atoms with Crippen LogP contribution in [0.1, 0.15) is 22.3 Å². The van der Waals surface area contributed by atoms with Crippen LogP contribution >= 0.6 is 0 Å². The van der Waals surface area contributed by atoms with E-state index >= 15 is 0 Å². The summed E-state index contributed by atoms with van der Waals surface area (Å²) in [6.07, 6.45) is -4.48. The summed E-state index contributed by atoms with van der Waals surface area (Å²) in [5.74, 6) is -1.17. The number of nitrogens with one attached hydrogen (secondary N) is 1. The topological polar surface area (TPSA) is 79.2 Å². The highest BCUT2D eigenvalue weighted by Crippen LogP contribution is 2.29. The van der Waals surface area contributed by atoms with E-state index in [1.54, 1.807) is 24.3 Å². The van der Waals surface area contributed by atoms with Crippen LogP contribution in [-0.4, -0.2) is 25.0 Å². The van der Waals surface area contributed by atoms with Crippen molar-refractivity contribution in [2.24, 2.45) is 0 Å². The summed E-state index contributed by atoms with van der Waals surface area (Å²) >= 11 is 0. The number of hydrogen-bond acceptors (Lipinski definition) is 4. The van der Waals surface area contributed by atoms with Gasteiger partial charge < -0.3 is 10.1 Å². The van der Waals surface area contributed by atoms with Crippen LogP contribution in [-0.2, 0) is 33.3 Å². The van der Waals surface area contributed by atoms with Crippen LogP contribution in [0.4, 0.5) is 13.2 Å². The van der Waals surface area contributed by atoms with Gasteiger partial charge in [-0.05, 0) is 35.4 Å². The molecule has 5 nitrogen and oxygen atoms in total. The smallest absolute Gasteiger partial charge is 0.416 e. The number of nitriles is 1. The number of benzene rings is 2. The van der Waals surface area contributed by atoms with Gasteiger partial charge in [0.15, 0.2) is 0 Å². The Balaban J connectivity index is 2.04. The van der Waals surface area contributed by atoms with Crippen molar-refractivity contribution in [3.8, 4) is 6.07 Å². The summed E-state index contributed by atoms with van der Waals surface area (Å²) in [5.41, 5.74) is 0.756. The van der Waals surface area contributed by atoms with Gasteiger partial charge in [-0.25, -0.2) is 4.79 Å². The fraction of sp³-hybridized carbons (Fsp3) is 0.250. The first-order valence-electron chi connectivity index (χ1n) is 8.25. The summed E-state index contributed by atoms with van der Waals surface area (Å²) in [4.78, 5) is 24.2. The van der Waals surface area contributed by atoms with E-state index in [0.717, 1.165) is 12.1 Å². The Hall–Kier alpha value is -3.34. The molecular formula is C20H17F3N2O3. The van der Waals surface area contributed by atoms with Gasteiger partial charge in [0, 0.05) is 6.42 Å². The van der Waals surface area contributed by atoms with Crippen molar-refractivity contribution in [1.82, 2.24) is 5.32 Å². The monoisotopic (exact) mass is 390 g/mol. The predicted octanol–water partition coefficient (Wildman–Crippen LogP) is 3.02. The molecule has 0 saturated carbocycles. The molecular weight excluding hydrogens is 373 g/mol. The Morgan fingerprint density at radius 3 is 2.14 bits per heavy atom. The van der Waals surface area contributed by atoms with Gasteiger partial charge in [0.1, 0.15) is 6.04 Å². The fourth-order valence-corrected chi connectivity index (χ4v) is 2.53. The van der Waals surface area contributed by atoms with E-state index in [-0.39, 0.29) is 12.8 Å². The molecule has 0 spiro atoms. The first-order chi connectivity index (χ1) is 13.2. The minimum absolute atomic E-state index is 0.150. The van der Waals surface area contributed by atoms with E-state index in [0.29, 0.717) is 16.7 Å². The average molecular weight is 390 g/mol. The molecule has 0 heterocycles. The second-order valence-electron chi connectivity index (χ2n) is 6.03. The van der Waals surface area contributed by atoms with Crippen LogP contribution in [0, 0.1) is 11.3 Å². The van der Waals surface area contributed by atoms with Crippen LogP contribution in [0.5, 0.6) is 0 Å². The molecule has 0 aromatic heterocycles. The number of esters is 1. The van der Waals surface area contributed by atoms with E-state index in [4.69, 9.17) is 10.00 Å². The van der Waals surface area contributed by atoms with E-state index in [1.165, 1.54) is 19.2 Å². The van der Waals surface area contributed by atoms with Gasteiger partial charge in [-0.2, -0.15) is 18.4 Å². The standard InChI is InChI=1S/C20H17F3N2O3/c1-28-19(27)17(10-13-2-4-15(12-24)5-3-13)25-18(26)11-14-6-8-16(9-7-14)20(21,22)23/h2-9,17H,10-11H2,1H3,(H,25,26)/t17-/m0/s1. The number of carbonyl (C=O) groups excluding carboxylic acids is 2. The molecule has 146 valence electrons. The summed E-state index contributed by atoms with van der Waals surface area (Å²) < 4.78 is 42.5. The number of nitrogens with zero attached hydrogens (tertiary/aromatic N) is 1. The zero-order valence-electron chi connectivity index (χ0n) is 14.9. The molecule has 0 unspecified atom stereocenters. The fourth-order valence-electron chi connectivity index (χ4n) is 2.53. The van der Waals surface area contributed by atoms with Crippen molar-refractivity contribution < 1.29 is 27.5 Å². The van der Waals surface area contributed by atoms with Crippen molar-refractivity contribution >= 4 is 11.9 Å². The number of hydrogen-bond donors (Lipinski definition) is 1. The summed E-state index contributed by atoms with van der Waals surface area (Å²) in [5, 5.41) is 11.4. The summed E-state index contributed by atoms with van der Waals surface area (Å²) in [7, 11) is 1.19. The Labute approximate surface area is 159 Å². The molecule has 1 atom stereocenters. The van der Waals surface area contributed by atoms with Crippen molar-refractivity contribution in [2.75, 3.05) is 7.11 Å². The third-order valence-electron chi connectivity index (χ3n) is 3.99. The third-order valence-corrected chi connectivity index (χ3v) is 3.99. The minimum atomic E-state index is -4.45. The van der Waals surface area contributed by atoms with E-state index < -0.39 is 29.7 Å². The molecule has 0 fully saturated rings. The molecule has 0 saturated heterocycles. The quantitative estimate of drug-likeness (QED) is 0.769. The maximum atomic E-state index is 12.6. The lowest BCUT2D eigenvalue weighted by Crippen LogP contribution is -2.43. The van der Waals surface area contributed by atoms with Crippen molar-refractivity contribution in [2.45, 2.75) is 25.1 Å². The van der Waals surface area contributed by atoms with E-state index in [2.05, 4.69) is 5.32 Å². The van der Waals surface area contributed by atoms with Crippen molar-refractivity contribution in [3.63, 3.8) is 0 Å². The predicted molar refractivity (Wildman–Crippen MR) is 94.0 cm³/mol. The molecule has 28 heavy (non-hydrogen) atoms. The molecule has 2 rings (SSSR count). The van der Waals surface area contributed by atoms with Gasteiger partial charge in [-0.15, -0.1) is 0 Å². The normalized spacial score (nSPS) is 12.0. The summed E-state index contributed by atoms with van der Waals surface area (Å²) in [6.45, 7) is 0. The SMILES string of the molecule is COC(=O)[C@H](Cc1ccc(C#N)cc1)NC(=O)Cc1ccc(C(F)(F)F)cc1. The van der Waals surface area contributed by atoms with Crippen LogP contribution in [0.3, 0.4) is 0 Å². The Morgan fingerprint density at radius 2 is 1.64 bits per heavy atom. The molecule has 0 aliphatic rings. The van der Waals surface area contributed by atoms with Crippen LogP contribution in [0.25, 0.3) is 0 Å². The zero-order chi connectivity index (χ0) is 20.7. The van der Waals surface area contributed by atoms with Gasteiger partial charge in [0.05, 0.1) is 30.7 Å². The van der Waals surface area contributed by atoms with Gasteiger partial charge in [0.2, 0.25) is 5.91 Å². The number of ether oxygens (including phenoxy) is 1. The van der Waals surface area contributed by atoms with Crippen molar-refractivity contribution in [1.29, 1.82) is 5.26 Å². The van der Waals surface area contributed by atoms with Crippen LogP contribution in [0.2, 0.25) is 0 Å². The Bertz CT molecular complexity index is 870. The maximum Gasteiger partial charge on any atom is 0.416 e.